The van der Waals surface area contributed by atoms with Crippen LogP contribution >= 0.6 is 0 Å². The van der Waals surface area contributed by atoms with Crippen molar-refractivity contribution in [3.63, 3.8) is 0 Å². The predicted octanol–water partition coefficient (Wildman–Crippen LogP) is 0.856. The molecule has 0 spiro atoms. The summed E-state index contributed by atoms with van der Waals surface area (Å²) in [5.74, 6) is -1.61. The third-order valence-electron chi connectivity index (χ3n) is 4.40. The zero-order chi connectivity index (χ0) is 14.8. The first-order chi connectivity index (χ1) is 10.1. The lowest BCUT2D eigenvalue weighted by Crippen LogP contribution is -2.50. The van der Waals surface area contributed by atoms with Crippen LogP contribution in [0.1, 0.15) is 12.8 Å². The highest BCUT2D eigenvalue weighted by Gasteiger charge is 2.28. The summed E-state index contributed by atoms with van der Waals surface area (Å²) in [6.07, 6.45) is 1.54. The summed E-state index contributed by atoms with van der Waals surface area (Å²) >= 11 is 0. The Morgan fingerprint density at radius 2 is 1.90 bits per heavy atom. The summed E-state index contributed by atoms with van der Waals surface area (Å²) in [7, 11) is 0. The van der Waals surface area contributed by atoms with Gasteiger partial charge in [-0.15, -0.1) is 0 Å². The van der Waals surface area contributed by atoms with Gasteiger partial charge < -0.3 is 20.6 Å². The molecule has 2 saturated heterocycles. The molecule has 2 aliphatic heterocycles. The third-order valence-corrected chi connectivity index (χ3v) is 4.40. The van der Waals surface area contributed by atoms with Gasteiger partial charge in [0.05, 0.1) is 6.10 Å². The number of piperidine rings is 1. The smallest absolute Gasteiger partial charge is 0.160 e. The number of aliphatic hydroxyl groups excluding tert-OH is 1. The molecular formula is C15H21F2N3O. The minimum absolute atomic E-state index is 0.116. The Bertz CT molecular complexity index is 492. The maximum Gasteiger partial charge on any atom is 0.160 e. The van der Waals surface area contributed by atoms with Gasteiger partial charge in [0, 0.05) is 50.0 Å². The van der Waals surface area contributed by atoms with Crippen LogP contribution in [0.4, 0.5) is 14.5 Å². The summed E-state index contributed by atoms with van der Waals surface area (Å²) in [6.45, 7) is 3.05. The second-order valence-corrected chi connectivity index (χ2v) is 5.86. The molecule has 2 aliphatic rings. The number of aliphatic hydroxyl groups is 1. The second-order valence-electron chi connectivity index (χ2n) is 5.86. The Hall–Kier alpha value is -1.24. The average Bonchev–Trinajstić information content (AvgIpc) is 2.88. The summed E-state index contributed by atoms with van der Waals surface area (Å²) in [5.41, 5.74) is 0.731. The molecule has 3 rings (SSSR count). The quantitative estimate of drug-likeness (QED) is 0.774. The molecule has 1 aromatic carbocycles. The zero-order valence-electron chi connectivity index (χ0n) is 11.9. The van der Waals surface area contributed by atoms with Crippen molar-refractivity contribution in [2.75, 3.05) is 31.1 Å². The van der Waals surface area contributed by atoms with E-state index in [-0.39, 0.29) is 12.1 Å². The Labute approximate surface area is 123 Å². The molecule has 116 valence electrons. The molecule has 3 N–H and O–H groups in total. The monoisotopic (exact) mass is 297 g/mol. The van der Waals surface area contributed by atoms with Crippen molar-refractivity contribution in [2.45, 2.75) is 31.0 Å². The predicted molar refractivity (Wildman–Crippen MR) is 77.4 cm³/mol. The molecule has 2 atom stereocenters. The number of benzene rings is 1. The van der Waals surface area contributed by atoms with Gasteiger partial charge in [-0.25, -0.2) is 8.78 Å². The van der Waals surface area contributed by atoms with Crippen LogP contribution in [0.25, 0.3) is 0 Å². The fraction of sp³-hybridized carbons (Fsp3) is 0.600. The Kier molecular flexibility index (Phi) is 4.37. The van der Waals surface area contributed by atoms with Gasteiger partial charge in [0.2, 0.25) is 0 Å². The maximum absolute atomic E-state index is 13.3. The van der Waals surface area contributed by atoms with Crippen molar-refractivity contribution in [2.24, 2.45) is 0 Å². The molecule has 1 aromatic rings. The standard InChI is InChI=1S/C15H21F2N3O/c16-12-2-1-11(7-13(12)17)20-5-3-10(4-6-20)19-14-8-18-9-15(14)21/h1-2,7,10,14-15,18-19,21H,3-6,8-9H2/t14-,15-/m1/s1. The molecule has 2 heterocycles. The highest BCUT2D eigenvalue weighted by molar-refractivity contribution is 5.47. The van der Waals surface area contributed by atoms with Gasteiger partial charge in [0.1, 0.15) is 0 Å². The van der Waals surface area contributed by atoms with Gasteiger partial charge in [-0.2, -0.15) is 0 Å². The molecule has 21 heavy (non-hydrogen) atoms. The molecule has 4 nitrogen and oxygen atoms in total. The van der Waals surface area contributed by atoms with E-state index in [2.05, 4.69) is 15.5 Å². The molecular weight excluding hydrogens is 276 g/mol. The topological polar surface area (TPSA) is 47.5 Å². The van der Waals surface area contributed by atoms with E-state index in [1.54, 1.807) is 6.07 Å². The number of β-amino-alcohol motifs (C(OH)–C–C–N with tert-alkyl or cyclic N) is 1. The van der Waals surface area contributed by atoms with E-state index < -0.39 is 11.6 Å². The van der Waals surface area contributed by atoms with Crippen molar-refractivity contribution in [1.29, 1.82) is 0 Å². The van der Waals surface area contributed by atoms with Crippen molar-refractivity contribution in [3.05, 3.63) is 29.8 Å². The van der Waals surface area contributed by atoms with Crippen LogP contribution in [0, 0.1) is 11.6 Å². The minimum atomic E-state index is -0.807. The Morgan fingerprint density at radius 1 is 1.14 bits per heavy atom. The Morgan fingerprint density at radius 3 is 2.52 bits per heavy atom. The maximum atomic E-state index is 13.3. The molecule has 6 heteroatoms. The molecule has 0 unspecified atom stereocenters. The van der Waals surface area contributed by atoms with Gasteiger partial charge in [-0.3, -0.25) is 0 Å². The number of hydrogen-bond donors (Lipinski definition) is 3. The zero-order valence-corrected chi connectivity index (χ0v) is 11.9. The number of anilines is 1. The lowest BCUT2D eigenvalue weighted by atomic mass is 10.0. The number of rotatable bonds is 3. The summed E-state index contributed by atoms with van der Waals surface area (Å²) in [4.78, 5) is 2.07. The van der Waals surface area contributed by atoms with Crippen molar-refractivity contribution in [3.8, 4) is 0 Å². The molecule has 0 aliphatic carbocycles. The third kappa shape index (κ3) is 3.33. The van der Waals surface area contributed by atoms with E-state index in [9.17, 15) is 13.9 Å². The lowest BCUT2D eigenvalue weighted by Gasteiger charge is -2.35. The molecule has 0 bridgehead atoms. The highest BCUT2D eigenvalue weighted by Crippen LogP contribution is 2.22. The van der Waals surface area contributed by atoms with Gasteiger partial charge in [-0.05, 0) is 25.0 Å². The number of nitrogens with zero attached hydrogens (tertiary/aromatic N) is 1. The average molecular weight is 297 g/mol. The summed E-state index contributed by atoms with van der Waals surface area (Å²) < 4.78 is 26.2. The molecule has 0 saturated carbocycles. The first kappa shape index (κ1) is 14.7. The van der Waals surface area contributed by atoms with Crippen molar-refractivity contribution >= 4 is 5.69 Å². The van der Waals surface area contributed by atoms with E-state index in [0.29, 0.717) is 12.6 Å². The van der Waals surface area contributed by atoms with Crippen LogP contribution in [0.5, 0.6) is 0 Å². The van der Waals surface area contributed by atoms with Crippen LogP contribution in [-0.4, -0.2) is 49.5 Å². The molecule has 0 amide bonds. The molecule has 0 aromatic heterocycles. The summed E-state index contributed by atoms with van der Waals surface area (Å²) in [5, 5.41) is 16.4. The normalized spacial score (nSPS) is 27.3. The largest absolute Gasteiger partial charge is 0.390 e. The molecule has 2 fully saturated rings. The number of nitrogens with one attached hydrogen (secondary N) is 2. The number of halogens is 2. The van der Waals surface area contributed by atoms with Crippen LogP contribution < -0.4 is 15.5 Å². The van der Waals surface area contributed by atoms with Crippen LogP contribution in [0.15, 0.2) is 18.2 Å². The van der Waals surface area contributed by atoms with Gasteiger partial charge in [-0.1, -0.05) is 0 Å². The number of hydrogen-bond acceptors (Lipinski definition) is 4. The lowest BCUT2D eigenvalue weighted by molar-refractivity contribution is 0.153. The van der Waals surface area contributed by atoms with Crippen LogP contribution in [0.2, 0.25) is 0 Å². The van der Waals surface area contributed by atoms with Crippen molar-refractivity contribution < 1.29 is 13.9 Å². The van der Waals surface area contributed by atoms with E-state index in [1.807, 2.05) is 0 Å². The van der Waals surface area contributed by atoms with Crippen molar-refractivity contribution in [1.82, 2.24) is 10.6 Å². The van der Waals surface area contributed by atoms with Gasteiger partial charge in [0.25, 0.3) is 0 Å². The first-order valence-corrected chi connectivity index (χ1v) is 7.48. The fourth-order valence-corrected chi connectivity index (χ4v) is 3.12. The Balaban J connectivity index is 1.53. The van der Waals surface area contributed by atoms with E-state index in [4.69, 9.17) is 0 Å². The molecule has 0 radical (unpaired) electrons. The second kappa shape index (κ2) is 6.25. The highest BCUT2D eigenvalue weighted by atomic mass is 19.2. The van der Waals surface area contributed by atoms with Gasteiger partial charge in [0.15, 0.2) is 11.6 Å². The summed E-state index contributed by atoms with van der Waals surface area (Å²) in [6, 6.07) is 4.54. The van der Waals surface area contributed by atoms with E-state index in [1.165, 1.54) is 12.1 Å². The van der Waals surface area contributed by atoms with E-state index in [0.717, 1.165) is 38.2 Å². The van der Waals surface area contributed by atoms with Crippen LogP contribution in [0.3, 0.4) is 0 Å². The minimum Gasteiger partial charge on any atom is -0.390 e. The fourth-order valence-electron chi connectivity index (χ4n) is 3.12. The SMILES string of the molecule is O[C@@H]1CNC[C@H]1NC1CCN(c2ccc(F)c(F)c2)CC1. The van der Waals surface area contributed by atoms with E-state index >= 15 is 0 Å². The first-order valence-electron chi connectivity index (χ1n) is 7.48. The van der Waals surface area contributed by atoms with Gasteiger partial charge >= 0.3 is 0 Å². The van der Waals surface area contributed by atoms with Crippen LogP contribution in [-0.2, 0) is 0 Å².